The van der Waals surface area contributed by atoms with Gasteiger partial charge in [-0.1, -0.05) is 73.2 Å². The molecule has 0 radical (unpaired) electrons. The van der Waals surface area contributed by atoms with Gasteiger partial charge in [0.2, 0.25) is 11.8 Å². The molecule has 1 aliphatic rings. The Balaban J connectivity index is 1.40. The first-order valence-corrected chi connectivity index (χ1v) is 15.5. The second-order valence-electron chi connectivity index (χ2n) is 11.7. The summed E-state index contributed by atoms with van der Waals surface area (Å²) in [4.78, 5) is 25.6. The Kier molecular flexibility index (Phi) is 13.1. The third-order valence-electron chi connectivity index (χ3n) is 8.30. The monoisotopic (exact) mass is 619 g/mol. The number of unbranched alkanes of at least 4 members (excludes halogenated alkanes) is 2. The number of aliphatic hydroxyl groups excluding tert-OH is 2. The van der Waals surface area contributed by atoms with Gasteiger partial charge in [-0.2, -0.15) is 0 Å². The average Bonchev–Trinajstić information content (AvgIpc) is 3.07. The summed E-state index contributed by atoms with van der Waals surface area (Å²) in [7, 11) is 1.99. The summed E-state index contributed by atoms with van der Waals surface area (Å²) in [5, 5.41) is 32.0. The minimum atomic E-state index is -0.649. The van der Waals surface area contributed by atoms with Crippen molar-refractivity contribution in [2.45, 2.75) is 82.7 Å². The molecule has 2 amide bonds. The Morgan fingerprint density at radius 2 is 1.53 bits per heavy atom. The molecule has 45 heavy (non-hydrogen) atoms. The number of hydroxylamine groups is 1. The summed E-state index contributed by atoms with van der Waals surface area (Å²) in [5.41, 5.74) is 5.77. The smallest absolute Gasteiger partial charge is 0.243 e. The number of likely N-dealkylation sites (N-methyl/N-ethyl adjacent to an activating group) is 1. The maximum atomic E-state index is 12.4. The third kappa shape index (κ3) is 10.2. The fourth-order valence-corrected chi connectivity index (χ4v) is 5.44. The van der Waals surface area contributed by atoms with Gasteiger partial charge in [-0.3, -0.25) is 19.7 Å². The number of anilines is 1. The van der Waals surface area contributed by atoms with E-state index in [4.69, 9.17) is 14.7 Å². The summed E-state index contributed by atoms with van der Waals surface area (Å²) >= 11 is 0. The van der Waals surface area contributed by atoms with E-state index in [1.54, 1.807) is 5.48 Å². The van der Waals surface area contributed by atoms with Crippen molar-refractivity contribution in [1.82, 2.24) is 10.4 Å². The molecule has 3 aromatic rings. The van der Waals surface area contributed by atoms with Crippen LogP contribution in [-0.4, -0.2) is 57.9 Å². The van der Waals surface area contributed by atoms with Crippen LogP contribution in [0.3, 0.4) is 0 Å². The number of amides is 2. The van der Waals surface area contributed by atoms with Crippen LogP contribution in [0.4, 0.5) is 5.69 Å². The van der Waals surface area contributed by atoms with Crippen LogP contribution in [0, 0.1) is 0 Å². The summed E-state index contributed by atoms with van der Waals surface area (Å²) in [6, 6.07) is 24.6. The lowest BCUT2D eigenvalue weighted by molar-refractivity contribution is -0.253. The fourth-order valence-electron chi connectivity index (χ4n) is 5.44. The second-order valence-corrected chi connectivity index (χ2v) is 11.7. The van der Waals surface area contributed by atoms with Gasteiger partial charge in [0.05, 0.1) is 24.9 Å². The number of hydrogen-bond donors (Lipinski definition) is 5. The lowest BCUT2D eigenvalue weighted by Gasteiger charge is -2.39. The Labute approximate surface area is 264 Å². The molecule has 0 unspecified atom stereocenters. The van der Waals surface area contributed by atoms with Gasteiger partial charge >= 0.3 is 0 Å². The highest BCUT2D eigenvalue weighted by Crippen LogP contribution is 2.38. The van der Waals surface area contributed by atoms with Crippen LogP contribution in [0.15, 0.2) is 78.9 Å². The first-order chi connectivity index (χ1) is 21.8. The van der Waals surface area contributed by atoms with Crippen molar-refractivity contribution >= 4 is 17.5 Å². The van der Waals surface area contributed by atoms with Crippen LogP contribution >= 0.6 is 0 Å². The number of carbonyl (C=O) groups is 2. The van der Waals surface area contributed by atoms with Gasteiger partial charge in [0.25, 0.3) is 0 Å². The largest absolute Gasteiger partial charge is 0.392 e. The van der Waals surface area contributed by atoms with Gasteiger partial charge in [-0.05, 0) is 55.6 Å². The zero-order chi connectivity index (χ0) is 32.2. The molecule has 0 bridgehead atoms. The molecule has 1 aliphatic heterocycles. The SMILES string of the molecule is C[C@H]([C@@H](O)c1ccccc1)N(C)C[C@H]1C[C@@H](c2ccc(CO)cc2)O[C@@H](c2ccc(NC(=O)CCCCCC(=O)NO)cc2)O1. The molecule has 5 N–H and O–H groups in total. The summed E-state index contributed by atoms with van der Waals surface area (Å²) in [5.74, 6) is -0.535. The van der Waals surface area contributed by atoms with E-state index in [1.807, 2.05) is 92.8 Å². The lowest BCUT2D eigenvalue weighted by atomic mass is 9.98. The summed E-state index contributed by atoms with van der Waals surface area (Å²) in [6.07, 6.45) is 1.41. The van der Waals surface area contributed by atoms with Crippen molar-refractivity contribution < 1.29 is 34.5 Å². The molecule has 3 aromatic carbocycles. The maximum Gasteiger partial charge on any atom is 0.243 e. The Bertz CT molecular complexity index is 1340. The van der Waals surface area contributed by atoms with Gasteiger partial charge in [-0.25, -0.2) is 5.48 Å². The molecule has 0 saturated carbocycles. The highest BCUT2D eigenvalue weighted by Gasteiger charge is 2.34. The molecule has 1 heterocycles. The zero-order valence-corrected chi connectivity index (χ0v) is 26.0. The van der Waals surface area contributed by atoms with Crippen LogP contribution in [0.1, 0.15) is 86.2 Å². The number of nitrogens with one attached hydrogen (secondary N) is 2. The number of hydrogen-bond acceptors (Lipinski definition) is 8. The highest BCUT2D eigenvalue weighted by atomic mass is 16.7. The van der Waals surface area contributed by atoms with E-state index >= 15 is 0 Å². The van der Waals surface area contributed by atoms with Crippen LogP contribution in [0.5, 0.6) is 0 Å². The predicted octanol–water partition coefficient (Wildman–Crippen LogP) is 5.17. The zero-order valence-electron chi connectivity index (χ0n) is 26.0. The first-order valence-electron chi connectivity index (χ1n) is 15.5. The number of ether oxygens (including phenoxy) is 2. The Hall–Kier alpha value is -3.64. The van der Waals surface area contributed by atoms with Gasteiger partial charge in [0.1, 0.15) is 0 Å². The molecule has 10 nitrogen and oxygen atoms in total. The molecule has 1 saturated heterocycles. The molecule has 0 aromatic heterocycles. The second kappa shape index (κ2) is 17.2. The Morgan fingerprint density at radius 3 is 2.18 bits per heavy atom. The number of carbonyl (C=O) groups excluding carboxylic acids is 2. The Morgan fingerprint density at radius 1 is 0.889 bits per heavy atom. The lowest BCUT2D eigenvalue weighted by Crippen LogP contribution is -2.43. The number of rotatable bonds is 15. The van der Waals surface area contributed by atoms with Gasteiger partial charge in [0.15, 0.2) is 6.29 Å². The molecular weight excluding hydrogens is 574 g/mol. The normalized spacial score (nSPS) is 19.6. The van der Waals surface area contributed by atoms with E-state index < -0.39 is 18.3 Å². The van der Waals surface area contributed by atoms with Crippen LogP contribution in [-0.2, 0) is 25.7 Å². The molecule has 0 aliphatic carbocycles. The van der Waals surface area contributed by atoms with Crippen molar-refractivity contribution in [2.75, 3.05) is 18.9 Å². The van der Waals surface area contributed by atoms with Crippen LogP contribution in [0.25, 0.3) is 0 Å². The van der Waals surface area contributed by atoms with Crippen LogP contribution in [0.2, 0.25) is 0 Å². The number of benzene rings is 3. The van der Waals surface area contributed by atoms with Gasteiger partial charge in [0, 0.05) is 43.1 Å². The molecule has 5 atom stereocenters. The van der Waals surface area contributed by atoms with E-state index in [1.165, 1.54) is 0 Å². The minimum absolute atomic E-state index is 0.0289. The fraction of sp³-hybridized carbons (Fsp3) is 0.429. The van der Waals surface area contributed by atoms with E-state index in [0.717, 1.165) is 22.3 Å². The molecule has 4 rings (SSSR count). The van der Waals surface area contributed by atoms with Gasteiger partial charge < -0.3 is 25.0 Å². The quantitative estimate of drug-likeness (QED) is 0.0892. The van der Waals surface area contributed by atoms with Crippen molar-refractivity contribution in [3.8, 4) is 0 Å². The first kappa shape index (κ1) is 34.2. The molecule has 0 spiro atoms. The molecule has 10 heteroatoms. The van der Waals surface area contributed by atoms with E-state index in [0.29, 0.717) is 44.3 Å². The standard InChI is InChI=1S/C35H45N3O7/c1-24(34(42)27-9-5-3-6-10-27)38(2)22-30-21-31(26-15-13-25(23-39)14-16-26)45-35(44-30)28-17-19-29(20-18-28)36-32(40)11-7-4-8-12-33(41)37-43/h3,5-6,9-10,13-20,24,30-31,34-35,39,42-43H,4,7-8,11-12,21-23H2,1-2H3,(H,36,40)(H,37,41)/t24-,30-,31+,34-,35+/m1/s1. The van der Waals surface area contributed by atoms with Crippen molar-refractivity contribution in [1.29, 1.82) is 0 Å². The topological polar surface area (TPSA) is 141 Å². The molecule has 1 fully saturated rings. The maximum absolute atomic E-state index is 12.4. The van der Waals surface area contributed by atoms with Gasteiger partial charge in [-0.15, -0.1) is 0 Å². The van der Waals surface area contributed by atoms with E-state index in [2.05, 4.69) is 10.2 Å². The van der Waals surface area contributed by atoms with E-state index in [9.17, 15) is 19.8 Å². The third-order valence-corrected chi connectivity index (χ3v) is 8.30. The molecule has 242 valence electrons. The van der Waals surface area contributed by atoms with E-state index in [-0.39, 0.29) is 37.2 Å². The van der Waals surface area contributed by atoms with Crippen molar-refractivity contribution in [3.63, 3.8) is 0 Å². The van der Waals surface area contributed by atoms with Crippen LogP contribution < -0.4 is 10.8 Å². The highest BCUT2D eigenvalue weighted by molar-refractivity contribution is 5.90. The minimum Gasteiger partial charge on any atom is -0.392 e. The van der Waals surface area contributed by atoms with Crippen molar-refractivity contribution in [3.05, 3.63) is 101 Å². The molecular formula is C35H45N3O7. The predicted molar refractivity (Wildman–Crippen MR) is 170 cm³/mol. The average molecular weight is 620 g/mol. The van der Waals surface area contributed by atoms with Crippen molar-refractivity contribution in [2.24, 2.45) is 0 Å². The summed E-state index contributed by atoms with van der Waals surface area (Å²) < 4.78 is 12.9. The number of aliphatic hydroxyl groups is 2. The number of nitrogens with zero attached hydrogens (tertiary/aromatic N) is 1. The summed E-state index contributed by atoms with van der Waals surface area (Å²) in [6.45, 7) is 2.55.